The summed E-state index contributed by atoms with van der Waals surface area (Å²) in [5.74, 6) is 0.833. The van der Waals surface area contributed by atoms with Crippen LogP contribution in [0, 0.1) is 5.82 Å². The first-order valence-electron chi connectivity index (χ1n) is 6.52. The standard InChI is InChI=1S/C14H21FN2S/c1-11-9-16-10-12(2)17(11)7-8-18-14-6-4-3-5-13(14)15/h3-6,11-12,16H,7-10H2,1-2H3. The molecule has 0 radical (unpaired) electrons. The van der Waals surface area contributed by atoms with Gasteiger partial charge in [0.25, 0.3) is 0 Å². The van der Waals surface area contributed by atoms with E-state index >= 15 is 0 Å². The molecule has 2 rings (SSSR count). The summed E-state index contributed by atoms with van der Waals surface area (Å²) < 4.78 is 13.5. The zero-order valence-corrected chi connectivity index (χ0v) is 11.8. The van der Waals surface area contributed by atoms with Gasteiger partial charge in [-0.1, -0.05) is 12.1 Å². The van der Waals surface area contributed by atoms with Gasteiger partial charge in [0.2, 0.25) is 0 Å². The Hall–Kier alpha value is -0.580. The zero-order valence-electron chi connectivity index (χ0n) is 11.0. The predicted molar refractivity (Wildman–Crippen MR) is 75.6 cm³/mol. The van der Waals surface area contributed by atoms with Gasteiger partial charge in [0, 0.05) is 42.4 Å². The Morgan fingerprint density at radius 3 is 2.61 bits per heavy atom. The molecule has 0 bridgehead atoms. The fraction of sp³-hybridized carbons (Fsp3) is 0.571. The van der Waals surface area contributed by atoms with Crippen LogP contribution in [0.5, 0.6) is 0 Å². The van der Waals surface area contributed by atoms with Crippen LogP contribution in [0.25, 0.3) is 0 Å². The highest BCUT2D eigenvalue weighted by Crippen LogP contribution is 2.22. The molecule has 2 unspecified atom stereocenters. The number of piperazine rings is 1. The fourth-order valence-electron chi connectivity index (χ4n) is 2.43. The number of benzene rings is 1. The average Bonchev–Trinajstić information content (AvgIpc) is 2.35. The maximum absolute atomic E-state index is 13.5. The molecule has 1 aromatic carbocycles. The Labute approximate surface area is 113 Å². The number of nitrogens with one attached hydrogen (secondary N) is 1. The molecule has 4 heteroatoms. The number of nitrogens with zero attached hydrogens (tertiary/aromatic N) is 1. The first kappa shape index (κ1) is 13.8. The van der Waals surface area contributed by atoms with Crippen molar-refractivity contribution < 1.29 is 4.39 Å². The predicted octanol–water partition coefficient (Wildman–Crippen LogP) is 2.60. The van der Waals surface area contributed by atoms with Crippen molar-refractivity contribution in [2.24, 2.45) is 0 Å². The van der Waals surface area contributed by atoms with Crippen LogP contribution in [-0.4, -0.2) is 42.4 Å². The van der Waals surface area contributed by atoms with Gasteiger partial charge < -0.3 is 5.32 Å². The lowest BCUT2D eigenvalue weighted by Crippen LogP contribution is -2.55. The Morgan fingerprint density at radius 1 is 1.28 bits per heavy atom. The average molecular weight is 268 g/mol. The molecule has 2 atom stereocenters. The van der Waals surface area contributed by atoms with Crippen molar-refractivity contribution in [2.45, 2.75) is 30.8 Å². The van der Waals surface area contributed by atoms with Gasteiger partial charge in [-0.05, 0) is 26.0 Å². The van der Waals surface area contributed by atoms with Crippen molar-refractivity contribution in [3.05, 3.63) is 30.1 Å². The molecule has 0 spiro atoms. The van der Waals surface area contributed by atoms with Gasteiger partial charge in [-0.15, -0.1) is 11.8 Å². The van der Waals surface area contributed by atoms with Crippen LogP contribution < -0.4 is 5.32 Å². The van der Waals surface area contributed by atoms with Gasteiger partial charge >= 0.3 is 0 Å². The summed E-state index contributed by atoms with van der Waals surface area (Å²) >= 11 is 1.61. The molecule has 1 heterocycles. The molecular formula is C14H21FN2S. The SMILES string of the molecule is CC1CNCC(C)N1CCSc1ccccc1F. The normalized spacial score (nSPS) is 25.3. The topological polar surface area (TPSA) is 15.3 Å². The van der Waals surface area contributed by atoms with E-state index in [-0.39, 0.29) is 5.82 Å². The molecule has 1 fully saturated rings. The third kappa shape index (κ3) is 3.46. The summed E-state index contributed by atoms with van der Waals surface area (Å²) in [5, 5.41) is 3.42. The van der Waals surface area contributed by atoms with E-state index in [0.29, 0.717) is 12.1 Å². The van der Waals surface area contributed by atoms with Gasteiger partial charge in [-0.25, -0.2) is 4.39 Å². The quantitative estimate of drug-likeness (QED) is 0.845. The molecule has 1 aromatic rings. The highest BCUT2D eigenvalue weighted by molar-refractivity contribution is 7.99. The van der Waals surface area contributed by atoms with E-state index in [2.05, 4.69) is 24.1 Å². The van der Waals surface area contributed by atoms with E-state index in [1.54, 1.807) is 17.8 Å². The van der Waals surface area contributed by atoms with Crippen LogP contribution in [-0.2, 0) is 0 Å². The number of rotatable bonds is 4. The number of hydrogen-bond acceptors (Lipinski definition) is 3. The summed E-state index contributed by atoms with van der Waals surface area (Å²) in [6.45, 7) is 7.61. The minimum atomic E-state index is -0.107. The molecule has 0 aliphatic carbocycles. The van der Waals surface area contributed by atoms with Crippen LogP contribution in [0.3, 0.4) is 0 Å². The second-order valence-electron chi connectivity index (χ2n) is 4.87. The lowest BCUT2D eigenvalue weighted by molar-refractivity contribution is 0.126. The zero-order chi connectivity index (χ0) is 13.0. The van der Waals surface area contributed by atoms with E-state index in [1.807, 2.05) is 12.1 Å². The number of hydrogen-bond donors (Lipinski definition) is 1. The molecule has 2 nitrogen and oxygen atoms in total. The largest absolute Gasteiger partial charge is 0.314 e. The van der Waals surface area contributed by atoms with E-state index in [0.717, 1.165) is 30.3 Å². The van der Waals surface area contributed by atoms with Gasteiger partial charge in [-0.3, -0.25) is 4.90 Å². The summed E-state index contributed by atoms with van der Waals surface area (Å²) in [4.78, 5) is 3.26. The molecule has 1 aliphatic rings. The van der Waals surface area contributed by atoms with E-state index in [9.17, 15) is 4.39 Å². The number of thioether (sulfide) groups is 1. The summed E-state index contributed by atoms with van der Waals surface area (Å²) in [7, 11) is 0. The Balaban J connectivity index is 1.83. The third-order valence-corrected chi connectivity index (χ3v) is 4.48. The molecule has 1 aliphatic heterocycles. The van der Waals surface area contributed by atoms with Crippen molar-refractivity contribution in [1.82, 2.24) is 10.2 Å². The smallest absolute Gasteiger partial charge is 0.136 e. The van der Waals surface area contributed by atoms with Crippen LogP contribution in [0.2, 0.25) is 0 Å². The molecule has 0 saturated carbocycles. The summed E-state index contributed by atoms with van der Waals surface area (Å²) in [5.41, 5.74) is 0. The van der Waals surface area contributed by atoms with Gasteiger partial charge in [0.15, 0.2) is 0 Å². The van der Waals surface area contributed by atoms with Crippen LogP contribution in [0.1, 0.15) is 13.8 Å². The lowest BCUT2D eigenvalue weighted by Gasteiger charge is -2.39. The monoisotopic (exact) mass is 268 g/mol. The van der Waals surface area contributed by atoms with Gasteiger partial charge in [-0.2, -0.15) is 0 Å². The van der Waals surface area contributed by atoms with Crippen molar-refractivity contribution in [2.75, 3.05) is 25.4 Å². The maximum atomic E-state index is 13.5. The highest BCUT2D eigenvalue weighted by atomic mass is 32.2. The van der Waals surface area contributed by atoms with E-state index in [4.69, 9.17) is 0 Å². The summed E-state index contributed by atoms with van der Waals surface area (Å²) in [6, 6.07) is 8.13. The number of halogens is 1. The highest BCUT2D eigenvalue weighted by Gasteiger charge is 2.23. The van der Waals surface area contributed by atoms with Crippen molar-refractivity contribution >= 4 is 11.8 Å². The maximum Gasteiger partial charge on any atom is 0.136 e. The minimum Gasteiger partial charge on any atom is -0.314 e. The minimum absolute atomic E-state index is 0.107. The molecule has 18 heavy (non-hydrogen) atoms. The summed E-state index contributed by atoms with van der Waals surface area (Å²) in [6.07, 6.45) is 0. The van der Waals surface area contributed by atoms with Crippen LogP contribution >= 0.6 is 11.8 Å². The van der Waals surface area contributed by atoms with Crippen molar-refractivity contribution in [1.29, 1.82) is 0 Å². The Kier molecular flexibility index (Phi) is 5.03. The molecule has 0 amide bonds. The van der Waals surface area contributed by atoms with Crippen LogP contribution in [0.4, 0.5) is 4.39 Å². The molecule has 0 aromatic heterocycles. The Bertz CT molecular complexity index is 376. The lowest BCUT2D eigenvalue weighted by atomic mass is 10.1. The molecule has 100 valence electrons. The van der Waals surface area contributed by atoms with Crippen molar-refractivity contribution in [3.8, 4) is 0 Å². The molecular weight excluding hydrogens is 247 g/mol. The van der Waals surface area contributed by atoms with E-state index in [1.165, 1.54) is 6.07 Å². The fourth-order valence-corrected chi connectivity index (χ4v) is 3.34. The Morgan fingerprint density at radius 2 is 1.94 bits per heavy atom. The molecule has 1 saturated heterocycles. The second kappa shape index (κ2) is 6.55. The third-order valence-electron chi connectivity index (χ3n) is 3.46. The second-order valence-corrected chi connectivity index (χ2v) is 6.01. The van der Waals surface area contributed by atoms with E-state index < -0.39 is 0 Å². The molecule has 1 N–H and O–H groups in total. The van der Waals surface area contributed by atoms with Crippen LogP contribution in [0.15, 0.2) is 29.2 Å². The van der Waals surface area contributed by atoms with Gasteiger partial charge in [0.05, 0.1) is 0 Å². The first-order chi connectivity index (χ1) is 8.68. The van der Waals surface area contributed by atoms with Crippen molar-refractivity contribution in [3.63, 3.8) is 0 Å². The first-order valence-corrected chi connectivity index (χ1v) is 7.51. The van der Waals surface area contributed by atoms with Gasteiger partial charge in [0.1, 0.15) is 5.82 Å².